The Labute approximate surface area is 146 Å². The van der Waals surface area contributed by atoms with E-state index in [1.54, 1.807) is 0 Å². The normalized spacial score (nSPS) is 26.6. The molecule has 0 unspecified atom stereocenters. The van der Waals surface area contributed by atoms with Crippen LogP contribution in [0.4, 0.5) is 0 Å². The second-order valence-electron chi connectivity index (χ2n) is 6.92. The number of nitrogens with zero attached hydrogens (tertiary/aromatic N) is 3. The Bertz CT molecular complexity index is 738. The van der Waals surface area contributed by atoms with E-state index in [0.29, 0.717) is 17.7 Å². The van der Waals surface area contributed by atoms with Crippen LogP contribution in [0.2, 0.25) is 0 Å². The van der Waals surface area contributed by atoms with Gasteiger partial charge in [-0.25, -0.2) is 0 Å². The third-order valence-corrected chi connectivity index (χ3v) is 6.25. The van der Waals surface area contributed by atoms with Crippen LogP contribution in [0.15, 0.2) is 16.7 Å². The zero-order chi connectivity index (χ0) is 16.7. The Morgan fingerprint density at radius 1 is 1.46 bits per heavy atom. The van der Waals surface area contributed by atoms with E-state index in [0.717, 1.165) is 44.6 Å². The van der Waals surface area contributed by atoms with Crippen molar-refractivity contribution in [2.45, 2.75) is 51.4 Å². The van der Waals surface area contributed by atoms with Crippen molar-refractivity contribution in [1.29, 1.82) is 0 Å². The molecule has 2 aromatic rings. The van der Waals surface area contributed by atoms with Gasteiger partial charge in [0.25, 0.3) is 0 Å². The van der Waals surface area contributed by atoms with E-state index in [2.05, 4.69) is 29.2 Å². The highest BCUT2D eigenvalue weighted by Gasteiger charge is 2.47. The van der Waals surface area contributed by atoms with Gasteiger partial charge in [0.05, 0.1) is 0 Å². The summed E-state index contributed by atoms with van der Waals surface area (Å²) in [6.07, 6.45) is 3.81. The fourth-order valence-electron chi connectivity index (χ4n) is 3.64. The van der Waals surface area contributed by atoms with Crippen LogP contribution in [-0.4, -0.2) is 34.0 Å². The molecule has 1 aliphatic carbocycles. The zero-order valence-electron chi connectivity index (χ0n) is 14.2. The van der Waals surface area contributed by atoms with E-state index >= 15 is 0 Å². The Morgan fingerprint density at radius 2 is 2.33 bits per heavy atom. The number of piperidine rings is 1. The molecule has 0 bridgehead atoms. The number of hydrogen-bond acceptors (Lipinski definition) is 5. The van der Waals surface area contributed by atoms with Crippen LogP contribution in [0.5, 0.6) is 0 Å². The number of hydrogen-bond donors (Lipinski definition) is 0. The lowest BCUT2D eigenvalue weighted by Gasteiger charge is -2.31. The van der Waals surface area contributed by atoms with Crippen molar-refractivity contribution in [3.63, 3.8) is 0 Å². The lowest BCUT2D eigenvalue weighted by Crippen LogP contribution is -2.40. The van der Waals surface area contributed by atoms with Gasteiger partial charge in [0, 0.05) is 47.0 Å². The second-order valence-corrected chi connectivity index (χ2v) is 8.24. The summed E-state index contributed by atoms with van der Waals surface area (Å²) >= 11 is 1.83. The Balaban J connectivity index is 1.40. The second kappa shape index (κ2) is 6.31. The molecule has 2 aliphatic rings. The molecule has 4 rings (SSSR count). The van der Waals surface area contributed by atoms with Crippen molar-refractivity contribution in [2.24, 2.45) is 5.92 Å². The molecule has 6 heteroatoms. The van der Waals surface area contributed by atoms with Gasteiger partial charge in [0.15, 0.2) is 5.82 Å². The van der Waals surface area contributed by atoms with E-state index in [4.69, 9.17) is 4.52 Å². The third kappa shape index (κ3) is 2.99. The van der Waals surface area contributed by atoms with E-state index in [9.17, 15) is 4.79 Å². The number of carbonyl (C=O) groups is 1. The summed E-state index contributed by atoms with van der Waals surface area (Å²) in [6, 6.07) is 4.33. The molecule has 1 saturated heterocycles. The maximum Gasteiger partial charge on any atom is 0.226 e. The first-order valence-electron chi connectivity index (χ1n) is 8.83. The van der Waals surface area contributed by atoms with Gasteiger partial charge in [-0.3, -0.25) is 4.79 Å². The summed E-state index contributed by atoms with van der Waals surface area (Å²) in [6.45, 7) is 5.72. The van der Waals surface area contributed by atoms with Crippen molar-refractivity contribution in [3.05, 3.63) is 33.6 Å². The molecule has 24 heavy (non-hydrogen) atoms. The summed E-state index contributed by atoms with van der Waals surface area (Å²) in [4.78, 5) is 22.0. The maximum absolute atomic E-state index is 12.9. The van der Waals surface area contributed by atoms with Crippen LogP contribution >= 0.6 is 11.3 Å². The van der Waals surface area contributed by atoms with Gasteiger partial charge in [-0.1, -0.05) is 12.1 Å². The average molecular weight is 345 g/mol. The molecule has 0 N–H and O–H groups in total. The van der Waals surface area contributed by atoms with Gasteiger partial charge >= 0.3 is 0 Å². The van der Waals surface area contributed by atoms with E-state index in [1.807, 2.05) is 23.2 Å². The van der Waals surface area contributed by atoms with Gasteiger partial charge in [-0.05, 0) is 38.3 Å². The molecule has 3 atom stereocenters. The topological polar surface area (TPSA) is 59.2 Å². The first-order valence-corrected chi connectivity index (χ1v) is 9.65. The quantitative estimate of drug-likeness (QED) is 0.851. The molecule has 2 fully saturated rings. The van der Waals surface area contributed by atoms with Crippen molar-refractivity contribution >= 4 is 17.2 Å². The Kier molecular flexibility index (Phi) is 4.16. The molecular weight excluding hydrogens is 322 g/mol. The lowest BCUT2D eigenvalue weighted by atomic mass is 9.97. The van der Waals surface area contributed by atoms with Crippen LogP contribution in [0, 0.1) is 12.8 Å². The number of carbonyl (C=O) groups excluding carboxylic acids is 1. The molecule has 3 heterocycles. The number of aromatic nitrogens is 2. The minimum atomic E-state index is 0.179. The van der Waals surface area contributed by atoms with Gasteiger partial charge < -0.3 is 9.42 Å². The zero-order valence-corrected chi connectivity index (χ0v) is 15.0. The number of likely N-dealkylation sites (tertiary alicyclic amines) is 1. The van der Waals surface area contributed by atoms with Crippen molar-refractivity contribution in [1.82, 2.24) is 15.0 Å². The van der Waals surface area contributed by atoms with Gasteiger partial charge in [-0.2, -0.15) is 4.98 Å². The fourth-order valence-corrected chi connectivity index (χ4v) is 4.69. The van der Waals surface area contributed by atoms with Crippen LogP contribution < -0.4 is 0 Å². The van der Waals surface area contributed by atoms with Crippen molar-refractivity contribution < 1.29 is 9.32 Å². The number of thiophene rings is 1. The predicted octanol–water partition coefficient (Wildman–Crippen LogP) is 3.51. The lowest BCUT2D eigenvalue weighted by molar-refractivity contribution is -0.133. The molecule has 1 aliphatic heterocycles. The van der Waals surface area contributed by atoms with Gasteiger partial charge in [0.2, 0.25) is 11.8 Å². The minimum absolute atomic E-state index is 0.179. The van der Waals surface area contributed by atoms with Crippen LogP contribution in [0.1, 0.15) is 59.5 Å². The van der Waals surface area contributed by atoms with E-state index < -0.39 is 0 Å². The highest BCUT2D eigenvalue weighted by atomic mass is 32.1. The van der Waals surface area contributed by atoms with Crippen molar-refractivity contribution in [3.8, 4) is 0 Å². The fraction of sp³-hybridized carbons (Fsp3) is 0.611. The van der Waals surface area contributed by atoms with Crippen LogP contribution in [0.25, 0.3) is 0 Å². The predicted molar refractivity (Wildman–Crippen MR) is 92.1 cm³/mol. The molecular formula is C18H23N3O2S. The van der Waals surface area contributed by atoms with Gasteiger partial charge in [-0.15, -0.1) is 11.3 Å². The molecule has 128 valence electrons. The summed E-state index contributed by atoms with van der Waals surface area (Å²) in [5, 5.41) is 4.11. The van der Waals surface area contributed by atoms with Crippen molar-refractivity contribution in [2.75, 3.05) is 13.1 Å². The molecule has 0 radical (unpaired) electrons. The van der Waals surface area contributed by atoms with Gasteiger partial charge in [0.1, 0.15) is 0 Å². The standard InChI is InChI=1S/C18H23N3O2S/c1-3-16-19-17(20-23-16)12-5-4-8-21(10-12)18(22)14-9-13(14)15-7-6-11(2)24-15/h6-7,12-14H,3-5,8-10H2,1-2H3/t12-,13-,14-/m1/s1. The summed E-state index contributed by atoms with van der Waals surface area (Å²) < 4.78 is 5.24. The molecule has 0 aromatic carbocycles. The minimum Gasteiger partial charge on any atom is -0.342 e. The highest BCUT2D eigenvalue weighted by Crippen LogP contribution is 2.50. The smallest absolute Gasteiger partial charge is 0.226 e. The van der Waals surface area contributed by atoms with Crippen LogP contribution in [0.3, 0.4) is 0 Å². The third-order valence-electron chi connectivity index (χ3n) is 5.12. The summed E-state index contributed by atoms with van der Waals surface area (Å²) in [5.41, 5.74) is 0. The highest BCUT2D eigenvalue weighted by molar-refractivity contribution is 7.12. The average Bonchev–Trinajstić information content (AvgIpc) is 3.04. The SMILES string of the molecule is CCc1nc([C@@H]2CCCN(C(=O)[C@@H]3C[C@H]3c3ccc(C)s3)C2)no1. The Morgan fingerprint density at radius 3 is 3.04 bits per heavy atom. The molecule has 1 saturated carbocycles. The molecule has 2 aromatic heterocycles. The van der Waals surface area contributed by atoms with E-state index in [-0.39, 0.29) is 11.8 Å². The number of rotatable bonds is 4. The summed E-state index contributed by atoms with van der Waals surface area (Å²) in [5.74, 6) is 2.60. The number of amides is 1. The monoisotopic (exact) mass is 345 g/mol. The molecule has 1 amide bonds. The Hall–Kier alpha value is -1.69. The van der Waals surface area contributed by atoms with E-state index in [1.165, 1.54) is 9.75 Å². The first-order chi connectivity index (χ1) is 11.7. The first kappa shape index (κ1) is 15.8. The largest absolute Gasteiger partial charge is 0.342 e. The summed E-state index contributed by atoms with van der Waals surface area (Å²) in [7, 11) is 0. The molecule has 0 spiro atoms. The van der Waals surface area contributed by atoms with Crippen LogP contribution in [-0.2, 0) is 11.2 Å². The maximum atomic E-state index is 12.9. The number of aryl methyl sites for hydroxylation is 2. The molecule has 5 nitrogen and oxygen atoms in total.